The van der Waals surface area contributed by atoms with E-state index in [1.807, 2.05) is 13.0 Å². The van der Waals surface area contributed by atoms with Crippen LogP contribution in [0.5, 0.6) is 0 Å². The summed E-state index contributed by atoms with van der Waals surface area (Å²) in [6, 6.07) is 6.24. The van der Waals surface area contributed by atoms with Crippen molar-refractivity contribution in [2.45, 2.75) is 77.6 Å². The molecule has 0 aromatic heterocycles. The summed E-state index contributed by atoms with van der Waals surface area (Å²) in [6.45, 7) is 10.5. The Kier molecular flexibility index (Phi) is 7.01. The van der Waals surface area contributed by atoms with E-state index in [1.165, 1.54) is 17.2 Å². The molecular weight excluding hydrogens is 328 g/mol. The van der Waals surface area contributed by atoms with Crippen LogP contribution in [0.3, 0.4) is 0 Å². The second kappa shape index (κ2) is 8.83. The van der Waals surface area contributed by atoms with Crippen molar-refractivity contribution in [3.8, 4) is 0 Å². The lowest BCUT2D eigenvalue weighted by atomic mass is 9.84. The Morgan fingerprint density at radius 2 is 1.77 bits per heavy atom. The van der Waals surface area contributed by atoms with Gasteiger partial charge >= 0.3 is 5.97 Å². The minimum atomic E-state index is -0.728. The second-order valence-electron chi connectivity index (χ2n) is 8.10. The molecule has 4 atom stereocenters. The van der Waals surface area contributed by atoms with Gasteiger partial charge in [0, 0.05) is 12.5 Å². The van der Waals surface area contributed by atoms with Crippen molar-refractivity contribution in [1.29, 1.82) is 0 Å². The number of benzene rings is 1. The predicted molar refractivity (Wildman–Crippen MR) is 104 cm³/mol. The van der Waals surface area contributed by atoms with E-state index in [0.29, 0.717) is 18.3 Å². The van der Waals surface area contributed by atoms with Gasteiger partial charge in [-0.3, -0.25) is 0 Å². The first-order chi connectivity index (χ1) is 12.2. The first-order valence-electron chi connectivity index (χ1n) is 9.57. The lowest BCUT2D eigenvalue weighted by Gasteiger charge is -2.34. The molecule has 0 heterocycles. The van der Waals surface area contributed by atoms with Crippen LogP contribution in [0.25, 0.3) is 6.08 Å². The van der Waals surface area contributed by atoms with Crippen LogP contribution in [0.4, 0.5) is 0 Å². The van der Waals surface area contributed by atoms with E-state index >= 15 is 0 Å². The van der Waals surface area contributed by atoms with E-state index in [0.717, 1.165) is 5.56 Å². The summed E-state index contributed by atoms with van der Waals surface area (Å²) in [4.78, 5) is 12.1. The molecule has 4 nitrogen and oxygen atoms in total. The monoisotopic (exact) mass is 360 g/mol. The molecule has 0 unspecified atom stereocenters. The maximum absolute atomic E-state index is 12.1. The van der Waals surface area contributed by atoms with Crippen molar-refractivity contribution in [2.24, 2.45) is 5.92 Å². The van der Waals surface area contributed by atoms with Crippen LogP contribution in [0.1, 0.15) is 76.0 Å². The molecule has 0 saturated heterocycles. The SMILES string of the molecule is CC(C)c1ccc(/C=C/C(=O)O[C@@H]2C[C@@H](O)C[C@@H](C)[C@H]2O)cc1C(C)C. The zero-order chi connectivity index (χ0) is 19.4. The van der Waals surface area contributed by atoms with E-state index in [9.17, 15) is 15.0 Å². The minimum Gasteiger partial charge on any atom is -0.456 e. The highest BCUT2D eigenvalue weighted by molar-refractivity contribution is 5.87. The lowest BCUT2D eigenvalue weighted by Crippen LogP contribution is -2.44. The second-order valence-corrected chi connectivity index (χ2v) is 8.10. The van der Waals surface area contributed by atoms with Crippen LogP contribution in [0.2, 0.25) is 0 Å². The van der Waals surface area contributed by atoms with E-state index in [-0.39, 0.29) is 12.3 Å². The van der Waals surface area contributed by atoms with Gasteiger partial charge in [-0.25, -0.2) is 4.79 Å². The molecule has 1 fully saturated rings. The van der Waals surface area contributed by atoms with Crippen molar-refractivity contribution in [1.82, 2.24) is 0 Å². The van der Waals surface area contributed by atoms with Crippen molar-refractivity contribution < 1.29 is 19.7 Å². The summed E-state index contributed by atoms with van der Waals surface area (Å²) in [5.74, 6) is 0.289. The molecule has 144 valence electrons. The summed E-state index contributed by atoms with van der Waals surface area (Å²) in [7, 11) is 0. The Morgan fingerprint density at radius 1 is 1.12 bits per heavy atom. The van der Waals surface area contributed by atoms with Gasteiger partial charge in [0.15, 0.2) is 0 Å². The summed E-state index contributed by atoms with van der Waals surface area (Å²) in [5, 5.41) is 20.0. The number of ether oxygens (including phenoxy) is 1. The first-order valence-corrected chi connectivity index (χ1v) is 9.57. The van der Waals surface area contributed by atoms with Gasteiger partial charge in [0.25, 0.3) is 0 Å². The van der Waals surface area contributed by atoms with Crippen molar-refractivity contribution >= 4 is 12.0 Å². The fraction of sp³-hybridized carbons (Fsp3) is 0.591. The number of carbonyl (C=O) groups is 1. The lowest BCUT2D eigenvalue weighted by molar-refractivity contribution is -0.159. The smallest absolute Gasteiger partial charge is 0.331 e. The van der Waals surface area contributed by atoms with Gasteiger partial charge in [-0.1, -0.05) is 52.8 Å². The van der Waals surface area contributed by atoms with E-state index in [4.69, 9.17) is 4.74 Å². The Morgan fingerprint density at radius 3 is 2.38 bits per heavy atom. The highest BCUT2D eigenvalue weighted by Gasteiger charge is 2.35. The van der Waals surface area contributed by atoms with Gasteiger partial charge in [0.1, 0.15) is 6.10 Å². The topological polar surface area (TPSA) is 66.8 Å². The zero-order valence-electron chi connectivity index (χ0n) is 16.5. The molecule has 1 aromatic rings. The van der Waals surface area contributed by atoms with Gasteiger partial charge in [-0.15, -0.1) is 0 Å². The molecule has 0 amide bonds. The number of rotatable bonds is 5. The molecule has 1 saturated carbocycles. The van der Waals surface area contributed by atoms with Crippen LogP contribution >= 0.6 is 0 Å². The van der Waals surface area contributed by atoms with E-state index in [2.05, 4.69) is 39.8 Å². The van der Waals surface area contributed by atoms with Crippen LogP contribution in [-0.2, 0) is 9.53 Å². The first kappa shape index (κ1) is 20.7. The normalized spacial score (nSPS) is 26.7. The minimum absolute atomic E-state index is 0.0855. The average molecular weight is 360 g/mol. The fourth-order valence-electron chi connectivity index (χ4n) is 3.63. The molecule has 4 heteroatoms. The highest BCUT2D eigenvalue weighted by Crippen LogP contribution is 2.28. The summed E-state index contributed by atoms with van der Waals surface area (Å²) >= 11 is 0. The van der Waals surface area contributed by atoms with Gasteiger partial charge < -0.3 is 14.9 Å². The number of esters is 1. The highest BCUT2D eigenvalue weighted by atomic mass is 16.6. The fourth-order valence-corrected chi connectivity index (χ4v) is 3.63. The third-order valence-corrected chi connectivity index (χ3v) is 5.15. The largest absolute Gasteiger partial charge is 0.456 e. The molecule has 26 heavy (non-hydrogen) atoms. The van der Waals surface area contributed by atoms with Crippen LogP contribution < -0.4 is 0 Å². The molecule has 0 spiro atoms. The van der Waals surface area contributed by atoms with Gasteiger partial charge in [-0.2, -0.15) is 0 Å². The van der Waals surface area contributed by atoms with Crippen LogP contribution in [0, 0.1) is 5.92 Å². The maximum atomic E-state index is 12.1. The van der Waals surface area contributed by atoms with Gasteiger partial charge in [0.2, 0.25) is 0 Å². The summed E-state index contributed by atoms with van der Waals surface area (Å²) in [6.07, 6.45) is 2.04. The van der Waals surface area contributed by atoms with Crippen molar-refractivity contribution in [2.75, 3.05) is 0 Å². The Labute approximate surface area is 156 Å². The Hall–Kier alpha value is -1.65. The number of hydrogen-bond donors (Lipinski definition) is 2. The molecule has 1 aliphatic rings. The van der Waals surface area contributed by atoms with Gasteiger partial charge in [0.05, 0.1) is 12.2 Å². The molecular formula is C22H32O4. The Bertz CT molecular complexity index is 648. The van der Waals surface area contributed by atoms with Crippen molar-refractivity contribution in [3.63, 3.8) is 0 Å². The molecule has 2 rings (SSSR count). The standard InChI is InChI=1S/C22H32O4/c1-13(2)18-8-6-16(11-19(18)14(3)4)7-9-21(24)26-20-12-17(23)10-15(5)22(20)25/h6-9,11,13-15,17,20,22-23,25H,10,12H2,1-5H3/b9-7+/t15-,17+,20-,22-/m1/s1. The maximum Gasteiger partial charge on any atom is 0.331 e. The van der Waals surface area contributed by atoms with E-state index in [1.54, 1.807) is 6.08 Å². The quantitative estimate of drug-likeness (QED) is 0.615. The molecule has 1 aliphatic carbocycles. The molecule has 1 aromatic carbocycles. The molecule has 2 N–H and O–H groups in total. The van der Waals surface area contributed by atoms with Crippen molar-refractivity contribution in [3.05, 3.63) is 41.0 Å². The third-order valence-electron chi connectivity index (χ3n) is 5.15. The summed E-state index contributed by atoms with van der Waals surface area (Å²) < 4.78 is 5.37. The average Bonchev–Trinajstić information content (AvgIpc) is 2.57. The zero-order valence-corrected chi connectivity index (χ0v) is 16.5. The number of hydrogen-bond acceptors (Lipinski definition) is 4. The Balaban J connectivity index is 2.07. The molecule has 0 aliphatic heterocycles. The number of aliphatic hydroxyl groups excluding tert-OH is 2. The number of aliphatic hydroxyl groups is 2. The van der Waals surface area contributed by atoms with Gasteiger partial charge in [-0.05, 0) is 46.9 Å². The number of carbonyl (C=O) groups excluding carboxylic acids is 1. The molecule has 0 bridgehead atoms. The van der Waals surface area contributed by atoms with E-state index < -0.39 is 24.3 Å². The third kappa shape index (κ3) is 5.18. The van der Waals surface area contributed by atoms with Crippen LogP contribution in [0.15, 0.2) is 24.3 Å². The molecule has 0 radical (unpaired) electrons. The summed E-state index contributed by atoms with van der Waals surface area (Å²) in [5.41, 5.74) is 3.57. The van der Waals surface area contributed by atoms with Crippen LogP contribution in [-0.4, -0.2) is 34.5 Å². The predicted octanol–water partition coefficient (Wildman–Crippen LogP) is 4.01.